The van der Waals surface area contributed by atoms with Gasteiger partial charge in [-0.15, -0.1) is 0 Å². The lowest BCUT2D eigenvalue weighted by molar-refractivity contribution is -0.123. The van der Waals surface area contributed by atoms with E-state index in [-0.39, 0.29) is 18.6 Å². The Balaban J connectivity index is 1.87. The number of ether oxygens (including phenoxy) is 1. The van der Waals surface area contributed by atoms with Gasteiger partial charge in [0, 0.05) is 0 Å². The molecule has 0 radical (unpaired) electrons. The van der Waals surface area contributed by atoms with E-state index in [9.17, 15) is 4.79 Å². The van der Waals surface area contributed by atoms with E-state index >= 15 is 0 Å². The van der Waals surface area contributed by atoms with Crippen molar-refractivity contribution in [3.8, 4) is 5.75 Å². The molecular formula is C19H23NO2. The smallest absolute Gasteiger partial charge is 0.258 e. The van der Waals surface area contributed by atoms with Gasteiger partial charge in [-0.3, -0.25) is 4.79 Å². The Bertz CT molecular complexity index is 620. The molecule has 0 saturated carbocycles. The summed E-state index contributed by atoms with van der Waals surface area (Å²) in [6.07, 6.45) is 1.02. The average Bonchev–Trinajstić information content (AvgIpc) is 2.54. The fraction of sp³-hybridized carbons (Fsp3) is 0.316. The van der Waals surface area contributed by atoms with Crippen LogP contribution in [0.3, 0.4) is 0 Å². The minimum Gasteiger partial charge on any atom is -0.484 e. The van der Waals surface area contributed by atoms with Gasteiger partial charge >= 0.3 is 0 Å². The van der Waals surface area contributed by atoms with Crippen LogP contribution in [0.25, 0.3) is 0 Å². The molecule has 1 atom stereocenters. The van der Waals surface area contributed by atoms with Crippen molar-refractivity contribution in [3.05, 3.63) is 65.2 Å². The first kappa shape index (κ1) is 16.1. The van der Waals surface area contributed by atoms with Gasteiger partial charge in [0.2, 0.25) is 0 Å². The predicted octanol–water partition coefficient (Wildman–Crippen LogP) is 3.81. The highest BCUT2D eigenvalue weighted by molar-refractivity contribution is 5.78. The quantitative estimate of drug-likeness (QED) is 0.880. The standard InChI is InChI=1S/C19H23NO2/c1-4-16-9-11-17(12-10-16)15(3)20-19(21)13-22-18-8-6-5-7-14(18)2/h5-12,15H,4,13H2,1-3H3,(H,20,21)/t15-/m0/s1. The minimum atomic E-state index is -0.115. The second-order valence-corrected chi connectivity index (χ2v) is 5.44. The maximum atomic E-state index is 12.0. The Kier molecular flexibility index (Phi) is 5.59. The summed E-state index contributed by atoms with van der Waals surface area (Å²) in [5.74, 6) is 0.632. The molecule has 0 aliphatic rings. The first-order chi connectivity index (χ1) is 10.6. The van der Waals surface area contributed by atoms with Crippen LogP contribution < -0.4 is 10.1 Å². The number of nitrogens with one attached hydrogen (secondary N) is 1. The number of rotatable bonds is 6. The molecule has 116 valence electrons. The molecule has 3 nitrogen and oxygen atoms in total. The van der Waals surface area contributed by atoms with Gasteiger partial charge in [-0.05, 0) is 43.0 Å². The summed E-state index contributed by atoms with van der Waals surface area (Å²) in [6, 6.07) is 16.0. The van der Waals surface area contributed by atoms with Gasteiger partial charge in [-0.2, -0.15) is 0 Å². The van der Waals surface area contributed by atoms with Gasteiger partial charge in [-0.25, -0.2) is 0 Å². The number of carbonyl (C=O) groups is 1. The molecule has 3 heteroatoms. The topological polar surface area (TPSA) is 38.3 Å². The Hall–Kier alpha value is -2.29. The summed E-state index contributed by atoms with van der Waals surface area (Å²) in [7, 11) is 0. The van der Waals surface area contributed by atoms with E-state index in [1.807, 2.05) is 38.1 Å². The number of carbonyl (C=O) groups excluding carboxylic acids is 1. The molecule has 0 aromatic heterocycles. The Morgan fingerprint density at radius 2 is 1.82 bits per heavy atom. The fourth-order valence-electron chi connectivity index (χ4n) is 2.27. The van der Waals surface area contributed by atoms with E-state index in [0.29, 0.717) is 0 Å². The van der Waals surface area contributed by atoms with Crippen LogP contribution in [0.15, 0.2) is 48.5 Å². The summed E-state index contributed by atoms with van der Waals surface area (Å²) in [5, 5.41) is 2.96. The zero-order valence-electron chi connectivity index (χ0n) is 13.4. The predicted molar refractivity (Wildman–Crippen MR) is 89.1 cm³/mol. The highest BCUT2D eigenvalue weighted by Crippen LogP contribution is 2.16. The third-order valence-electron chi connectivity index (χ3n) is 3.72. The van der Waals surface area contributed by atoms with Crippen LogP contribution in [-0.2, 0) is 11.2 Å². The van der Waals surface area contributed by atoms with Crippen LogP contribution in [0, 0.1) is 6.92 Å². The normalized spacial score (nSPS) is 11.8. The summed E-state index contributed by atoms with van der Waals surface area (Å²) in [5.41, 5.74) is 3.42. The number of aryl methyl sites for hydroxylation is 2. The fourth-order valence-corrected chi connectivity index (χ4v) is 2.27. The average molecular weight is 297 g/mol. The number of amides is 1. The lowest BCUT2D eigenvalue weighted by atomic mass is 10.1. The summed E-state index contributed by atoms with van der Waals surface area (Å²) in [4.78, 5) is 12.0. The summed E-state index contributed by atoms with van der Waals surface area (Å²) >= 11 is 0. The van der Waals surface area contributed by atoms with Crippen molar-refractivity contribution in [2.24, 2.45) is 0 Å². The molecule has 0 fully saturated rings. The zero-order valence-corrected chi connectivity index (χ0v) is 13.4. The molecule has 0 aliphatic carbocycles. The zero-order chi connectivity index (χ0) is 15.9. The summed E-state index contributed by atoms with van der Waals surface area (Å²) < 4.78 is 5.56. The molecule has 2 aromatic rings. The Morgan fingerprint density at radius 1 is 1.14 bits per heavy atom. The first-order valence-electron chi connectivity index (χ1n) is 7.66. The van der Waals surface area contributed by atoms with Crippen LogP contribution >= 0.6 is 0 Å². The van der Waals surface area contributed by atoms with Crippen molar-refractivity contribution >= 4 is 5.91 Å². The highest BCUT2D eigenvalue weighted by Gasteiger charge is 2.10. The van der Waals surface area contributed by atoms with E-state index in [4.69, 9.17) is 4.74 Å². The Morgan fingerprint density at radius 3 is 2.45 bits per heavy atom. The van der Waals surface area contributed by atoms with Gasteiger partial charge in [0.25, 0.3) is 5.91 Å². The van der Waals surface area contributed by atoms with E-state index < -0.39 is 0 Å². The van der Waals surface area contributed by atoms with Crippen molar-refractivity contribution in [2.75, 3.05) is 6.61 Å². The third kappa shape index (κ3) is 4.35. The largest absolute Gasteiger partial charge is 0.484 e. The van der Waals surface area contributed by atoms with Crippen molar-refractivity contribution in [3.63, 3.8) is 0 Å². The molecule has 0 heterocycles. The van der Waals surface area contributed by atoms with E-state index in [1.54, 1.807) is 0 Å². The molecule has 0 saturated heterocycles. The molecule has 1 amide bonds. The maximum absolute atomic E-state index is 12.0. The number of hydrogen-bond donors (Lipinski definition) is 1. The number of hydrogen-bond acceptors (Lipinski definition) is 2. The second-order valence-electron chi connectivity index (χ2n) is 5.44. The molecule has 2 aromatic carbocycles. The SMILES string of the molecule is CCc1ccc([C@H](C)NC(=O)COc2ccccc2C)cc1. The van der Waals surface area contributed by atoms with E-state index in [0.717, 1.165) is 23.3 Å². The minimum absolute atomic E-state index is 0.0288. The van der Waals surface area contributed by atoms with Gasteiger partial charge in [0.05, 0.1) is 6.04 Å². The van der Waals surface area contributed by atoms with Gasteiger partial charge in [-0.1, -0.05) is 49.4 Å². The van der Waals surface area contributed by atoms with Crippen molar-refractivity contribution < 1.29 is 9.53 Å². The maximum Gasteiger partial charge on any atom is 0.258 e. The van der Waals surface area contributed by atoms with Crippen LogP contribution in [0.4, 0.5) is 0 Å². The highest BCUT2D eigenvalue weighted by atomic mass is 16.5. The molecule has 1 N–H and O–H groups in total. The van der Waals surface area contributed by atoms with Crippen LogP contribution in [0.2, 0.25) is 0 Å². The van der Waals surface area contributed by atoms with E-state index in [2.05, 4.69) is 36.5 Å². The second kappa shape index (κ2) is 7.64. The molecular weight excluding hydrogens is 274 g/mol. The lowest BCUT2D eigenvalue weighted by Gasteiger charge is -2.15. The van der Waals surface area contributed by atoms with Crippen molar-refractivity contribution in [1.82, 2.24) is 5.32 Å². The molecule has 0 aliphatic heterocycles. The van der Waals surface area contributed by atoms with Crippen LogP contribution in [0.1, 0.15) is 36.6 Å². The van der Waals surface area contributed by atoms with Gasteiger partial charge in [0.1, 0.15) is 5.75 Å². The third-order valence-corrected chi connectivity index (χ3v) is 3.72. The number of benzene rings is 2. The molecule has 22 heavy (non-hydrogen) atoms. The molecule has 0 unspecified atom stereocenters. The monoisotopic (exact) mass is 297 g/mol. The lowest BCUT2D eigenvalue weighted by Crippen LogP contribution is -2.31. The Labute approximate surface area is 132 Å². The number of para-hydroxylation sites is 1. The molecule has 0 bridgehead atoms. The van der Waals surface area contributed by atoms with Crippen molar-refractivity contribution in [1.29, 1.82) is 0 Å². The summed E-state index contributed by atoms with van der Waals surface area (Å²) in [6.45, 7) is 6.10. The first-order valence-corrected chi connectivity index (χ1v) is 7.66. The van der Waals surface area contributed by atoms with Gasteiger partial charge in [0.15, 0.2) is 6.61 Å². The van der Waals surface area contributed by atoms with Crippen molar-refractivity contribution in [2.45, 2.75) is 33.2 Å². The van der Waals surface area contributed by atoms with Crippen LogP contribution in [0.5, 0.6) is 5.75 Å². The molecule has 2 rings (SSSR count). The van der Waals surface area contributed by atoms with Gasteiger partial charge < -0.3 is 10.1 Å². The van der Waals surface area contributed by atoms with Crippen LogP contribution in [-0.4, -0.2) is 12.5 Å². The van der Waals surface area contributed by atoms with E-state index in [1.165, 1.54) is 5.56 Å². The molecule has 0 spiro atoms.